The fourth-order valence-electron chi connectivity index (χ4n) is 3.93. The molecule has 9 nitrogen and oxygen atoms in total. The number of aromatic hydroxyl groups is 1. The number of methoxy groups -OCH3 is 1. The van der Waals surface area contributed by atoms with E-state index in [4.69, 9.17) is 13.9 Å². The number of Topliss-reactive ketones (excluding diaryl/α,β-unsaturated/α-hetero) is 1. The van der Waals surface area contributed by atoms with Crippen molar-refractivity contribution in [3.05, 3.63) is 39.2 Å². The lowest BCUT2D eigenvalue weighted by atomic mass is 9.83. The number of carbonyl (C=O) groups is 1. The number of aliphatic hydroxyl groups excluding tert-OH is 3. The van der Waals surface area contributed by atoms with Gasteiger partial charge in [-0.25, -0.2) is 4.79 Å². The molecule has 0 amide bonds. The molecule has 0 spiro atoms. The summed E-state index contributed by atoms with van der Waals surface area (Å²) in [5.41, 5.74) is -1.94. The lowest BCUT2D eigenvalue weighted by molar-refractivity contribution is -0.279. The topological polar surface area (TPSA) is 147 Å². The molecule has 3 rings (SSSR count). The van der Waals surface area contributed by atoms with Gasteiger partial charge in [0, 0.05) is 7.11 Å². The van der Waals surface area contributed by atoms with Crippen LogP contribution in [0, 0.1) is 6.92 Å². The molecular weight excluding hydrogens is 384 g/mol. The van der Waals surface area contributed by atoms with E-state index in [-0.39, 0.29) is 11.0 Å². The Hall–Kier alpha value is -2.30. The molecule has 0 radical (unpaired) electrons. The molecule has 158 valence electrons. The first-order valence-corrected chi connectivity index (χ1v) is 9.05. The first-order valence-electron chi connectivity index (χ1n) is 9.05. The molecule has 2 heterocycles. The average Bonchev–Trinajstić information content (AvgIpc) is 2.66. The Bertz CT molecular complexity index is 1010. The van der Waals surface area contributed by atoms with E-state index in [9.17, 15) is 30.0 Å². The molecule has 9 heteroatoms. The number of rotatable bonds is 4. The van der Waals surface area contributed by atoms with Gasteiger partial charge in [0.25, 0.3) is 0 Å². The normalized spacial score (nSPS) is 29.9. The number of ketones is 1. The molecule has 0 unspecified atom stereocenters. The van der Waals surface area contributed by atoms with Crippen molar-refractivity contribution < 1.29 is 39.1 Å². The lowest BCUT2D eigenvalue weighted by Gasteiger charge is -2.48. The Kier molecular flexibility index (Phi) is 5.54. The zero-order valence-corrected chi connectivity index (χ0v) is 16.5. The zero-order valence-electron chi connectivity index (χ0n) is 16.5. The minimum Gasteiger partial charge on any atom is -0.506 e. The third-order valence-corrected chi connectivity index (χ3v) is 5.53. The fourth-order valence-corrected chi connectivity index (χ4v) is 3.93. The van der Waals surface area contributed by atoms with Crippen molar-refractivity contribution in [2.75, 3.05) is 13.7 Å². The predicted molar refractivity (Wildman–Crippen MR) is 101 cm³/mol. The summed E-state index contributed by atoms with van der Waals surface area (Å²) in [4.78, 5) is 23.8. The van der Waals surface area contributed by atoms with E-state index in [0.29, 0.717) is 11.1 Å². The smallest absolute Gasteiger partial charge is 0.351 e. The molecule has 1 fully saturated rings. The molecule has 1 aromatic heterocycles. The maximum Gasteiger partial charge on any atom is 0.351 e. The summed E-state index contributed by atoms with van der Waals surface area (Å²) in [6, 6.07) is 2.97. The first-order chi connectivity index (χ1) is 13.6. The monoisotopic (exact) mass is 408 g/mol. The van der Waals surface area contributed by atoms with Crippen molar-refractivity contribution in [3.8, 4) is 5.75 Å². The van der Waals surface area contributed by atoms with Crippen LogP contribution in [0.5, 0.6) is 5.75 Å². The quantitative estimate of drug-likeness (QED) is 0.421. The minimum absolute atomic E-state index is 0.0276. The van der Waals surface area contributed by atoms with Gasteiger partial charge in [0.05, 0.1) is 12.0 Å². The number of aryl methyl sites for hydroxylation is 1. The Morgan fingerprint density at radius 3 is 2.48 bits per heavy atom. The van der Waals surface area contributed by atoms with Gasteiger partial charge in [-0.1, -0.05) is 6.07 Å². The molecule has 1 saturated heterocycles. The van der Waals surface area contributed by atoms with E-state index < -0.39 is 59.3 Å². The minimum atomic E-state index is -1.40. The largest absolute Gasteiger partial charge is 0.506 e. The number of benzene rings is 1. The van der Waals surface area contributed by atoms with Crippen molar-refractivity contribution in [2.24, 2.45) is 0 Å². The van der Waals surface area contributed by atoms with Crippen LogP contribution in [-0.2, 0) is 9.47 Å². The Morgan fingerprint density at radius 1 is 1.28 bits per heavy atom. The van der Waals surface area contributed by atoms with Crippen LogP contribution in [0.15, 0.2) is 21.3 Å². The summed E-state index contributed by atoms with van der Waals surface area (Å²) in [5.74, 6) is -1.11. The van der Waals surface area contributed by atoms with E-state index in [1.54, 1.807) is 13.8 Å². The number of hydrogen-bond donors (Lipinski definition) is 4. The average molecular weight is 408 g/mol. The highest BCUT2D eigenvalue weighted by Crippen LogP contribution is 2.42. The summed E-state index contributed by atoms with van der Waals surface area (Å²) in [5, 5.41) is 41.4. The summed E-state index contributed by atoms with van der Waals surface area (Å²) in [6.07, 6.45) is -4.79. The number of aliphatic hydroxyl groups is 3. The molecule has 1 aliphatic rings. The highest BCUT2D eigenvalue weighted by Gasteiger charge is 2.52. The van der Waals surface area contributed by atoms with Crippen LogP contribution < -0.4 is 5.63 Å². The Labute approximate surface area is 166 Å². The van der Waals surface area contributed by atoms with Crippen molar-refractivity contribution in [3.63, 3.8) is 0 Å². The number of hydrogen-bond acceptors (Lipinski definition) is 9. The standard InChI is InChI=1S/C20H24O9/c1-8-10(17-14(24)15(25)18(27-4)20(3,7-21)29-17)5-6-11-13(23)12(9(2)22)19(26)28-16(8)11/h5-6,14-15,17-18,21,23-25H,7H2,1-4H3/t14-,15-,17+,18-,20-/m1/s1. The van der Waals surface area contributed by atoms with Gasteiger partial charge in [-0.3, -0.25) is 4.79 Å². The van der Waals surface area contributed by atoms with Gasteiger partial charge in [-0.2, -0.15) is 0 Å². The van der Waals surface area contributed by atoms with Gasteiger partial charge >= 0.3 is 5.63 Å². The van der Waals surface area contributed by atoms with Crippen LogP contribution in [0.3, 0.4) is 0 Å². The first kappa shape index (κ1) is 21.4. The van der Waals surface area contributed by atoms with E-state index >= 15 is 0 Å². The zero-order chi connectivity index (χ0) is 21.7. The summed E-state index contributed by atoms with van der Waals surface area (Å²) in [6.45, 7) is 3.81. The second kappa shape index (κ2) is 7.51. The van der Waals surface area contributed by atoms with Crippen molar-refractivity contribution in [1.82, 2.24) is 0 Å². The summed E-state index contributed by atoms with van der Waals surface area (Å²) in [7, 11) is 1.34. The molecular formula is C20H24O9. The molecule has 29 heavy (non-hydrogen) atoms. The van der Waals surface area contributed by atoms with E-state index in [0.717, 1.165) is 6.92 Å². The van der Waals surface area contributed by atoms with E-state index in [1.165, 1.54) is 19.2 Å². The second-order valence-corrected chi connectivity index (χ2v) is 7.47. The third kappa shape index (κ3) is 3.24. The molecule has 2 aromatic rings. The highest BCUT2D eigenvalue weighted by molar-refractivity contribution is 6.01. The number of fused-ring (bicyclic) bond motifs is 1. The SMILES string of the molecule is CO[C@@H]1[C@H](O)[C@@H](O)[C@H](c2ccc3c(O)c(C(C)=O)c(=O)oc3c2C)O[C@]1(C)CO. The molecule has 0 saturated carbocycles. The second-order valence-electron chi connectivity index (χ2n) is 7.47. The van der Waals surface area contributed by atoms with Crippen LogP contribution in [0.4, 0.5) is 0 Å². The van der Waals surface area contributed by atoms with E-state index in [1.807, 2.05) is 0 Å². The maximum absolute atomic E-state index is 12.2. The molecule has 1 aromatic carbocycles. The molecule has 4 N–H and O–H groups in total. The highest BCUT2D eigenvalue weighted by atomic mass is 16.6. The van der Waals surface area contributed by atoms with E-state index in [2.05, 4.69) is 0 Å². The van der Waals surface area contributed by atoms with Gasteiger partial charge in [-0.15, -0.1) is 0 Å². The van der Waals surface area contributed by atoms with Crippen molar-refractivity contribution in [2.45, 2.75) is 50.8 Å². The van der Waals surface area contributed by atoms with Crippen LogP contribution >= 0.6 is 0 Å². The van der Waals surface area contributed by atoms with Crippen LogP contribution in [-0.4, -0.2) is 63.8 Å². The summed E-state index contributed by atoms with van der Waals surface area (Å²) >= 11 is 0. The molecule has 0 bridgehead atoms. The Morgan fingerprint density at radius 2 is 1.93 bits per heavy atom. The lowest BCUT2D eigenvalue weighted by Crippen LogP contribution is -2.62. The van der Waals surface area contributed by atoms with Crippen LogP contribution in [0.25, 0.3) is 11.0 Å². The van der Waals surface area contributed by atoms with Gasteiger partial charge < -0.3 is 34.3 Å². The van der Waals surface area contributed by atoms with Gasteiger partial charge in [0.15, 0.2) is 5.78 Å². The molecule has 1 aliphatic heterocycles. The van der Waals surface area contributed by atoms with Gasteiger partial charge in [-0.05, 0) is 38.0 Å². The fraction of sp³-hybridized carbons (Fsp3) is 0.500. The molecule has 5 atom stereocenters. The van der Waals surface area contributed by atoms with Crippen molar-refractivity contribution in [1.29, 1.82) is 0 Å². The van der Waals surface area contributed by atoms with Crippen molar-refractivity contribution >= 4 is 16.8 Å². The maximum atomic E-state index is 12.2. The third-order valence-electron chi connectivity index (χ3n) is 5.53. The van der Waals surface area contributed by atoms with Crippen LogP contribution in [0.2, 0.25) is 0 Å². The van der Waals surface area contributed by atoms with Crippen LogP contribution in [0.1, 0.15) is 41.4 Å². The van der Waals surface area contributed by atoms with Gasteiger partial charge in [0.1, 0.15) is 46.9 Å². The van der Waals surface area contributed by atoms with Gasteiger partial charge in [0.2, 0.25) is 0 Å². The number of carbonyl (C=O) groups excluding carboxylic acids is 1. The Balaban J connectivity index is 2.18. The molecule has 0 aliphatic carbocycles. The summed E-state index contributed by atoms with van der Waals surface area (Å²) < 4.78 is 16.4. The predicted octanol–water partition coefficient (Wildman–Crippen LogP) is 0.569. The number of ether oxygens (including phenoxy) is 2.